The fraction of sp³-hybridized carbons (Fsp3) is 0.300. The lowest BCUT2D eigenvalue weighted by molar-refractivity contribution is 0.0739. The number of esters is 1. The van der Waals surface area contributed by atoms with Crippen LogP contribution in [0.1, 0.15) is 33.4 Å². The Balaban J connectivity index is 1.69. The zero-order valence-electron chi connectivity index (χ0n) is 14.9. The molecule has 0 amide bonds. The second-order valence-corrected chi connectivity index (χ2v) is 7.56. The van der Waals surface area contributed by atoms with Crippen LogP contribution in [0.5, 0.6) is 5.75 Å². The Morgan fingerprint density at radius 2 is 2.19 bits per heavy atom. The first-order chi connectivity index (χ1) is 12.6. The zero-order valence-corrected chi connectivity index (χ0v) is 15.7. The van der Waals surface area contributed by atoms with Crippen molar-refractivity contribution in [1.82, 2.24) is 9.88 Å². The number of ether oxygens (including phenoxy) is 1. The molecule has 0 aliphatic carbocycles. The summed E-state index contributed by atoms with van der Waals surface area (Å²) in [6.45, 7) is 6.99. The molecule has 0 bridgehead atoms. The number of hydrogen-bond acceptors (Lipinski definition) is 6. The Morgan fingerprint density at radius 3 is 2.96 bits per heavy atom. The van der Waals surface area contributed by atoms with Crippen molar-refractivity contribution in [3.8, 4) is 5.75 Å². The van der Waals surface area contributed by atoms with Crippen molar-refractivity contribution in [3.63, 3.8) is 0 Å². The molecule has 134 valence electrons. The minimum absolute atomic E-state index is 0.422. The first-order valence-corrected chi connectivity index (χ1v) is 9.59. The van der Waals surface area contributed by atoms with Crippen LogP contribution >= 0.6 is 11.3 Å². The summed E-state index contributed by atoms with van der Waals surface area (Å²) in [6, 6.07) is 9.54. The van der Waals surface area contributed by atoms with E-state index >= 15 is 0 Å². The number of fused-ring (bicyclic) bond motifs is 2. The van der Waals surface area contributed by atoms with Gasteiger partial charge in [0.25, 0.3) is 0 Å². The zero-order chi connectivity index (χ0) is 18.3. The molecule has 1 aliphatic rings. The Morgan fingerprint density at radius 1 is 1.38 bits per heavy atom. The van der Waals surface area contributed by atoms with Crippen molar-refractivity contribution in [1.29, 1.82) is 0 Å². The predicted octanol–water partition coefficient (Wildman–Crippen LogP) is 3.78. The summed E-state index contributed by atoms with van der Waals surface area (Å²) in [4.78, 5) is 21.0. The molecule has 0 fully saturated rings. The highest BCUT2D eigenvalue weighted by Crippen LogP contribution is 2.35. The number of likely N-dealkylation sites (N-methyl/N-ethyl adjacent to an activating group) is 1. The number of hydrogen-bond donors (Lipinski definition) is 1. The maximum absolute atomic E-state index is 12.6. The molecule has 3 aromatic rings. The maximum atomic E-state index is 12.6. The number of benzene rings is 1. The van der Waals surface area contributed by atoms with Crippen molar-refractivity contribution in [3.05, 3.63) is 52.0 Å². The summed E-state index contributed by atoms with van der Waals surface area (Å²) in [5.74, 6) is 0.133. The second-order valence-electron chi connectivity index (χ2n) is 6.57. The third-order valence-corrected chi connectivity index (χ3v) is 5.97. The molecule has 5 nitrogen and oxygen atoms in total. The van der Waals surface area contributed by atoms with Gasteiger partial charge >= 0.3 is 5.97 Å². The third-order valence-electron chi connectivity index (χ3n) is 4.88. The van der Waals surface area contributed by atoms with Gasteiger partial charge in [-0.1, -0.05) is 25.1 Å². The van der Waals surface area contributed by atoms with Gasteiger partial charge in [0.1, 0.15) is 15.5 Å². The number of thiophene rings is 1. The van der Waals surface area contributed by atoms with E-state index in [1.165, 1.54) is 16.9 Å². The van der Waals surface area contributed by atoms with Gasteiger partial charge in [0.15, 0.2) is 0 Å². The van der Waals surface area contributed by atoms with Crippen molar-refractivity contribution in [2.45, 2.75) is 26.8 Å². The van der Waals surface area contributed by atoms with Gasteiger partial charge < -0.3 is 10.5 Å². The topological polar surface area (TPSA) is 68.5 Å². The lowest BCUT2D eigenvalue weighted by Gasteiger charge is -2.26. The van der Waals surface area contributed by atoms with Gasteiger partial charge in [-0.2, -0.15) is 0 Å². The van der Waals surface area contributed by atoms with E-state index in [9.17, 15) is 4.79 Å². The minimum Gasteiger partial charge on any atom is -0.422 e. The van der Waals surface area contributed by atoms with Crippen molar-refractivity contribution in [2.24, 2.45) is 0 Å². The Kier molecular flexibility index (Phi) is 4.38. The van der Waals surface area contributed by atoms with E-state index in [2.05, 4.69) is 17.9 Å². The summed E-state index contributed by atoms with van der Waals surface area (Å²) in [7, 11) is 0. The number of nitrogen functional groups attached to an aromatic ring is 1. The number of carbonyl (C=O) groups excluding carboxylic acids is 1. The standard InChI is InChI=1S/C20H21N3O2S/c1-3-23-9-8-15-13(11-23)10-14-17(21)18(26-19(14)22-15)20(24)25-16-7-5-4-6-12(16)2/h4-7,10H,3,8-9,11,21H2,1-2H3. The quantitative estimate of drug-likeness (QED) is 0.563. The SMILES string of the molecule is CCN1CCc2nc3sc(C(=O)Oc4ccccc4C)c(N)c3cc2C1. The molecule has 0 saturated heterocycles. The summed E-state index contributed by atoms with van der Waals surface area (Å²) in [5.41, 5.74) is 9.98. The van der Waals surface area contributed by atoms with Crippen LogP contribution in [0.2, 0.25) is 0 Å². The molecule has 2 N–H and O–H groups in total. The lowest BCUT2D eigenvalue weighted by atomic mass is 10.0. The van der Waals surface area contributed by atoms with Crippen molar-refractivity contribution >= 4 is 33.2 Å². The van der Waals surface area contributed by atoms with Crippen LogP contribution in [-0.2, 0) is 13.0 Å². The van der Waals surface area contributed by atoms with Crippen LogP contribution in [0.4, 0.5) is 5.69 Å². The average Bonchev–Trinajstić information content (AvgIpc) is 2.97. The largest absolute Gasteiger partial charge is 0.422 e. The monoisotopic (exact) mass is 367 g/mol. The van der Waals surface area contributed by atoms with Crippen LogP contribution in [-0.4, -0.2) is 28.9 Å². The van der Waals surface area contributed by atoms with E-state index < -0.39 is 5.97 Å². The predicted molar refractivity (Wildman–Crippen MR) is 105 cm³/mol. The maximum Gasteiger partial charge on any atom is 0.355 e. The number of aromatic nitrogens is 1. The highest BCUT2D eigenvalue weighted by Gasteiger charge is 2.23. The van der Waals surface area contributed by atoms with Gasteiger partial charge in [-0.3, -0.25) is 4.90 Å². The molecule has 3 heterocycles. The van der Waals surface area contributed by atoms with Crippen LogP contribution in [0.3, 0.4) is 0 Å². The Hall–Kier alpha value is -2.44. The van der Waals surface area contributed by atoms with Gasteiger partial charge in [-0.05, 0) is 36.7 Å². The summed E-state index contributed by atoms with van der Waals surface area (Å²) < 4.78 is 5.56. The van der Waals surface area contributed by atoms with Crippen LogP contribution in [0, 0.1) is 6.92 Å². The summed E-state index contributed by atoms with van der Waals surface area (Å²) in [5, 5.41) is 0.850. The number of carbonyl (C=O) groups is 1. The van der Waals surface area contributed by atoms with Gasteiger partial charge in [0.2, 0.25) is 0 Å². The van der Waals surface area contributed by atoms with E-state index in [0.29, 0.717) is 16.3 Å². The number of rotatable bonds is 3. The fourth-order valence-electron chi connectivity index (χ4n) is 3.29. The minimum atomic E-state index is -0.423. The van der Waals surface area contributed by atoms with Crippen LogP contribution in [0.15, 0.2) is 30.3 Å². The number of aryl methyl sites for hydroxylation is 1. The molecule has 0 unspecified atom stereocenters. The molecule has 1 aromatic carbocycles. The first-order valence-electron chi connectivity index (χ1n) is 8.77. The van der Waals surface area contributed by atoms with E-state index in [4.69, 9.17) is 15.5 Å². The molecule has 6 heteroatoms. The number of nitrogens with zero attached hydrogens (tertiary/aromatic N) is 2. The molecule has 0 spiro atoms. The molecule has 1 aliphatic heterocycles. The molecule has 4 rings (SSSR count). The molecule has 0 saturated carbocycles. The van der Waals surface area contributed by atoms with E-state index in [1.807, 2.05) is 25.1 Å². The Bertz CT molecular complexity index is 996. The van der Waals surface area contributed by atoms with E-state index in [0.717, 1.165) is 47.5 Å². The Labute approximate surface area is 156 Å². The molecule has 0 atom stereocenters. The van der Waals surface area contributed by atoms with Crippen LogP contribution in [0.25, 0.3) is 10.2 Å². The van der Waals surface area contributed by atoms with E-state index in [-0.39, 0.29) is 0 Å². The van der Waals surface area contributed by atoms with Gasteiger partial charge in [0, 0.05) is 30.6 Å². The lowest BCUT2D eigenvalue weighted by Crippen LogP contribution is -2.30. The normalized spacial score (nSPS) is 14.4. The summed E-state index contributed by atoms with van der Waals surface area (Å²) in [6.07, 6.45) is 0.930. The molecule has 26 heavy (non-hydrogen) atoms. The van der Waals surface area contributed by atoms with Gasteiger partial charge in [0.05, 0.1) is 5.69 Å². The van der Waals surface area contributed by atoms with Crippen molar-refractivity contribution < 1.29 is 9.53 Å². The second kappa shape index (κ2) is 6.70. The highest BCUT2D eigenvalue weighted by atomic mass is 32.1. The number of para-hydroxylation sites is 1. The van der Waals surface area contributed by atoms with Gasteiger partial charge in [-0.15, -0.1) is 11.3 Å². The fourth-order valence-corrected chi connectivity index (χ4v) is 4.27. The molecular weight excluding hydrogens is 346 g/mol. The van der Waals surface area contributed by atoms with Crippen LogP contribution < -0.4 is 10.5 Å². The number of nitrogens with two attached hydrogens (primary N) is 1. The highest BCUT2D eigenvalue weighted by molar-refractivity contribution is 7.21. The smallest absolute Gasteiger partial charge is 0.355 e. The molecular formula is C20H21N3O2S. The third kappa shape index (κ3) is 2.95. The number of anilines is 1. The first kappa shape index (κ1) is 17.0. The summed E-state index contributed by atoms with van der Waals surface area (Å²) >= 11 is 1.31. The van der Waals surface area contributed by atoms with E-state index in [1.54, 1.807) is 6.07 Å². The van der Waals surface area contributed by atoms with Gasteiger partial charge in [-0.25, -0.2) is 9.78 Å². The number of pyridine rings is 1. The van der Waals surface area contributed by atoms with Crippen molar-refractivity contribution in [2.75, 3.05) is 18.8 Å². The molecule has 0 radical (unpaired) electrons. The molecule has 2 aromatic heterocycles. The average molecular weight is 367 g/mol.